The van der Waals surface area contributed by atoms with Gasteiger partial charge in [-0.2, -0.15) is 0 Å². The minimum absolute atomic E-state index is 0.0140. The Morgan fingerprint density at radius 1 is 1.29 bits per heavy atom. The molecular weight excluding hydrogens is 236 g/mol. The fourth-order valence-electron chi connectivity index (χ4n) is 2.15. The minimum atomic E-state index is -0.367. The zero-order chi connectivity index (χ0) is 13.0. The van der Waals surface area contributed by atoms with E-state index in [4.69, 9.17) is 17.3 Å². The van der Waals surface area contributed by atoms with Gasteiger partial charge in [0.25, 0.3) is 0 Å². The molecule has 1 rings (SSSR count). The van der Waals surface area contributed by atoms with Gasteiger partial charge in [0.1, 0.15) is 0 Å². The molecule has 0 aliphatic carbocycles. The summed E-state index contributed by atoms with van der Waals surface area (Å²) in [4.78, 5) is 2.07. The van der Waals surface area contributed by atoms with E-state index in [0.717, 1.165) is 10.6 Å². The third-order valence-electron chi connectivity index (χ3n) is 2.74. The van der Waals surface area contributed by atoms with Crippen LogP contribution >= 0.6 is 11.6 Å². The van der Waals surface area contributed by atoms with Gasteiger partial charge in [0.15, 0.2) is 0 Å². The molecule has 0 bridgehead atoms. The highest BCUT2D eigenvalue weighted by atomic mass is 35.5. The van der Waals surface area contributed by atoms with E-state index in [9.17, 15) is 5.11 Å². The van der Waals surface area contributed by atoms with Crippen LogP contribution in [0.15, 0.2) is 24.3 Å². The monoisotopic (exact) mass is 256 g/mol. The van der Waals surface area contributed by atoms with Crippen molar-refractivity contribution in [3.63, 3.8) is 0 Å². The number of aliphatic hydroxyl groups excluding tert-OH is 1. The molecule has 3 unspecified atom stereocenters. The molecule has 1 aromatic carbocycles. The molecule has 3 atom stereocenters. The first kappa shape index (κ1) is 14.5. The van der Waals surface area contributed by atoms with E-state index in [2.05, 4.69) is 4.90 Å². The largest absolute Gasteiger partial charge is 0.392 e. The molecule has 0 aliphatic rings. The van der Waals surface area contributed by atoms with Crippen molar-refractivity contribution in [2.24, 2.45) is 5.73 Å². The maximum atomic E-state index is 9.44. The van der Waals surface area contributed by atoms with Crippen LogP contribution in [0.5, 0.6) is 0 Å². The summed E-state index contributed by atoms with van der Waals surface area (Å²) in [6.07, 6.45) is -0.367. The quantitative estimate of drug-likeness (QED) is 0.848. The van der Waals surface area contributed by atoms with Gasteiger partial charge in [-0.1, -0.05) is 23.7 Å². The second-order valence-corrected chi connectivity index (χ2v) is 5.08. The summed E-state index contributed by atoms with van der Waals surface area (Å²) in [6.45, 7) is 4.34. The first-order valence-corrected chi connectivity index (χ1v) is 6.19. The van der Waals surface area contributed by atoms with Crippen LogP contribution < -0.4 is 5.73 Å². The predicted molar refractivity (Wildman–Crippen MR) is 72.2 cm³/mol. The Bertz CT molecular complexity index is 338. The zero-order valence-corrected chi connectivity index (χ0v) is 11.4. The van der Waals surface area contributed by atoms with Crippen LogP contribution in [-0.4, -0.2) is 35.7 Å². The Labute approximate surface area is 108 Å². The van der Waals surface area contributed by atoms with Crippen molar-refractivity contribution in [2.45, 2.75) is 32.0 Å². The molecule has 0 aromatic heterocycles. The van der Waals surface area contributed by atoms with Crippen LogP contribution in [0, 0.1) is 0 Å². The molecule has 3 N–H and O–H groups in total. The van der Waals surface area contributed by atoms with Gasteiger partial charge in [0, 0.05) is 23.7 Å². The Hall–Kier alpha value is -0.610. The van der Waals surface area contributed by atoms with Crippen molar-refractivity contribution in [2.75, 3.05) is 13.6 Å². The molecule has 0 saturated carbocycles. The maximum Gasteiger partial charge on any atom is 0.0639 e. The van der Waals surface area contributed by atoms with Gasteiger partial charge in [0.05, 0.1) is 6.10 Å². The predicted octanol–water partition coefficient (Wildman–Crippen LogP) is 2.04. The number of nitrogens with zero attached hydrogens (tertiary/aromatic N) is 1. The number of halogens is 1. The number of nitrogens with two attached hydrogens (primary N) is 1. The molecule has 0 spiro atoms. The molecule has 0 radical (unpaired) electrons. The summed E-state index contributed by atoms with van der Waals surface area (Å²) in [5.74, 6) is 0. The van der Waals surface area contributed by atoms with E-state index in [1.807, 2.05) is 38.2 Å². The summed E-state index contributed by atoms with van der Waals surface area (Å²) in [5, 5.41) is 10.2. The number of hydrogen-bond donors (Lipinski definition) is 2. The van der Waals surface area contributed by atoms with E-state index in [-0.39, 0.29) is 18.2 Å². The van der Waals surface area contributed by atoms with Gasteiger partial charge >= 0.3 is 0 Å². The summed E-state index contributed by atoms with van der Waals surface area (Å²) in [5.41, 5.74) is 7.15. The van der Waals surface area contributed by atoms with Crippen molar-refractivity contribution in [1.82, 2.24) is 4.90 Å². The first-order chi connectivity index (χ1) is 7.91. The van der Waals surface area contributed by atoms with Crippen LogP contribution in [0.4, 0.5) is 0 Å². The van der Waals surface area contributed by atoms with Crippen LogP contribution in [0.3, 0.4) is 0 Å². The Morgan fingerprint density at radius 3 is 2.24 bits per heavy atom. The van der Waals surface area contributed by atoms with Crippen molar-refractivity contribution in [1.29, 1.82) is 0 Å². The SMILES string of the molecule is CC(O)CN(C)C(c1ccc(Cl)cc1)C(C)N. The van der Waals surface area contributed by atoms with Crippen LogP contribution in [0.25, 0.3) is 0 Å². The fourth-order valence-corrected chi connectivity index (χ4v) is 2.28. The van der Waals surface area contributed by atoms with E-state index < -0.39 is 0 Å². The van der Waals surface area contributed by atoms with Crippen molar-refractivity contribution < 1.29 is 5.11 Å². The normalized spacial score (nSPS) is 16.9. The fraction of sp³-hybridized carbons (Fsp3) is 0.538. The van der Waals surface area contributed by atoms with Gasteiger partial charge in [-0.3, -0.25) is 4.90 Å². The second-order valence-electron chi connectivity index (χ2n) is 4.64. The third-order valence-corrected chi connectivity index (χ3v) is 2.99. The molecule has 3 nitrogen and oxygen atoms in total. The molecule has 96 valence electrons. The zero-order valence-electron chi connectivity index (χ0n) is 10.6. The standard InChI is InChI=1S/C13H21ClN2O/c1-9(17)8-16(3)13(10(2)15)11-4-6-12(14)7-5-11/h4-7,9-10,13,17H,8,15H2,1-3H3. The number of likely N-dealkylation sites (N-methyl/N-ethyl adjacent to an activating group) is 1. The molecule has 0 heterocycles. The van der Waals surface area contributed by atoms with Gasteiger partial charge < -0.3 is 10.8 Å². The van der Waals surface area contributed by atoms with Gasteiger partial charge in [0.2, 0.25) is 0 Å². The topological polar surface area (TPSA) is 49.5 Å². The Morgan fingerprint density at radius 2 is 1.82 bits per heavy atom. The minimum Gasteiger partial charge on any atom is -0.392 e. The summed E-state index contributed by atoms with van der Waals surface area (Å²) >= 11 is 5.87. The molecule has 0 saturated heterocycles. The molecular formula is C13H21ClN2O. The molecule has 0 amide bonds. The molecule has 1 aromatic rings. The molecule has 17 heavy (non-hydrogen) atoms. The Balaban J connectivity index is 2.89. The van der Waals surface area contributed by atoms with Crippen LogP contribution in [0.1, 0.15) is 25.5 Å². The average Bonchev–Trinajstić information content (AvgIpc) is 2.19. The highest BCUT2D eigenvalue weighted by Gasteiger charge is 2.21. The van der Waals surface area contributed by atoms with Crippen molar-refractivity contribution >= 4 is 11.6 Å². The summed E-state index contributed by atoms with van der Waals surface area (Å²) in [6, 6.07) is 7.76. The lowest BCUT2D eigenvalue weighted by atomic mass is 9.99. The molecule has 0 aliphatic heterocycles. The third kappa shape index (κ3) is 4.28. The number of hydrogen-bond acceptors (Lipinski definition) is 3. The maximum absolute atomic E-state index is 9.44. The Kier molecular flexibility index (Phi) is 5.40. The summed E-state index contributed by atoms with van der Waals surface area (Å²) < 4.78 is 0. The molecule has 0 fully saturated rings. The van der Waals surface area contributed by atoms with Crippen molar-refractivity contribution in [3.05, 3.63) is 34.9 Å². The lowest BCUT2D eigenvalue weighted by Gasteiger charge is -2.32. The molecule has 4 heteroatoms. The lowest BCUT2D eigenvalue weighted by molar-refractivity contribution is 0.110. The highest BCUT2D eigenvalue weighted by Crippen LogP contribution is 2.23. The van der Waals surface area contributed by atoms with Gasteiger partial charge in [-0.15, -0.1) is 0 Å². The van der Waals surface area contributed by atoms with Crippen molar-refractivity contribution in [3.8, 4) is 0 Å². The lowest BCUT2D eigenvalue weighted by Crippen LogP contribution is -2.40. The summed E-state index contributed by atoms with van der Waals surface area (Å²) in [7, 11) is 1.97. The highest BCUT2D eigenvalue weighted by molar-refractivity contribution is 6.30. The van der Waals surface area contributed by atoms with Gasteiger partial charge in [-0.05, 0) is 38.6 Å². The van der Waals surface area contributed by atoms with E-state index in [1.165, 1.54) is 0 Å². The van der Waals surface area contributed by atoms with E-state index in [0.29, 0.717) is 6.54 Å². The van der Waals surface area contributed by atoms with Crippen LogP contribution in [-0.2, 0) is 0 Å². The van der Waals surface area contributed by atoms with Gasteiger partial charge in [-0.25, -0.2) is 0 Å². The smallest absolute Gasteiger partial charge is 0.0639 e. The average molecular weight is 257 g/mol. The number of benzene rings is 1. The second kappa shape index (κ2) is 6.36. The number of aliphatic hydroxyl groups is 1. The number of rotatable bonds is 5. The van der Waals surface area contributed by atoms with Crippen LogP contribution in [0.2, 0.25) is 5.02 Å². The van der Waals surface area contributed by atoms with E-state index in [1.54, 1.807) is 6.92 Å². The first-order valence-electron chi connectivity index (χ1n) is 5.81. The van der Waals surface area contributed by atoms with E-state index >= 15 is 0 Å².